The number of methoxy groups -OCH3 is 2. The van der Waals surface area contributed by atoms with E-state index in [0.717, 1.165) is 18.9 Å². The molecule has 0 spiro atoms. The van der Waals surface area contributed by atoms with Crippen molar-refractivity contribution in [2.45, 2.75) is 56.0 Å². The first-order valence-electron chi connectivity index (χ1n) is 15.1. The molecule has 2 amide bonds. The van der Waals surface area contributed by atoms with Crippen LogP contribution in [0.3, 0.4) is 0 Å². The molecule has 1 unspecified atom stereocenters. The number of carbonyl (C=O) groups excluding carboxylic acids is 2. The number of para-hydroxylation sites is 1. The van der Waals surface area contributed by atoms with E-state index in [-0.39, 0.29) is 41.2 Å². The van der Waals surface area contributed by atoms with Crippen molar-refractivity contribution in [3.05, 3.63) is 95.1 Å². The monoisotopic (exact) mass is 623 g/mol. The Hall–Kier alpha value is -4.06. The number of carbonyl (C=O) groups is 2. The maximum Gasteiger partial charge on any atom is 0.254 e. The second-order valence-corrected chi connectivity index (χ2v) is 11.6. The van der Waals surface area contributed by atoms with Crippen molar-refractivity contribution in [2.24, 2.45) is 0 Å². The van der Waals surface area contributed by atoms with E-state index in [1.54, 1.807) is 18.1 Å². The summed E-state index contributed by atoms with van der Waals surface area (Å²) < 4.78 is 44.9. The number of amides is 2. The van der Waals surface area contributed by atoms with Crippen LogP contribution in [0.25, 0.3) is 0 Å². The maximum absolute atomic E-state index is 14.1. The van der Waals surface area contributed by atoms with E-state index in [0.29, 0.717) is 37.6 Å². The Morgan fingerprint density at radius 3 is 2.47 bits per heavy atom. The highest BCUT2D eigenvalue weighted by Gasteiger charge is 2.36. The van der Waals surface area contributed by atoms with Crippen LogP contribution in [0.1, 0.15) is 45.5 Å². The third-order valence-corrected chi connectivity index (χ3v) is 8.34. The first-order chi connectivity index (χ1) is 21.7. The largest absolute Gasteiger partial charge is 0.497 e. The summed E-state index contributed by atoms with van der Waals surface area (Å²) in [4.78, 5) is 29.0. The lowest BCUT2D eigenvalue weighted by Gasteiger charge is -2.29. The van der Waals surface area contributed by atoms with E-state index in [1.807, 2.05) is 30.3 Å². The van der Waals surface area contributed by atoms with Gasteiger partial charge in [0, 0.05) is 49.9 Å². The number of aliphatic hydroxyl groups excluding tert-OH is 1. The van der Waals surface area contributed by atoms with E-state index in [2.05, 4.69) is 10.6 Å². The summed E-state index contributed by atoms with van der Waals surface area (Å²) in [6.07, 6.45) is 0.695. The van der Waals surface area contributed by atoms with Crippen LogP contribution in [0, 0.1) is 11.6 Å². The Morgan fingerprint density at radius 2 is 1.76 bits per heavy atom. The first-order valence-corrected chi connectivity index (χ1v) is 15.1. The number of ether oxygens (including phenoxy) is 3. The van der Waals surface area contributed by atoms with Crippen LogP contribution in [0.15, 0.2) is 66.7 Å². The van der Waals surface area contributed by atoms with E-state index in [1.165, 1.54) is 31.4 Å². The van der Waals surface area contributed by atoms with Gasteiger partial charge in [0.1, 0.15) is 29.2 Å². The lowest BCUT2D eigenvalue weighted by molar-refractivity contribution is 0.0630. The van der Waals surface area contributed by atoms with E-state index in [4.69, 9.17) is 14.2 Å². The molecule has 9 nitrogen and oxygen atoms in total. The number of rotatable bonds is 12. The second-order valence-electron chi connectivity index (χ2n) is 11.6. The highest BCUT2D eigenvalue weighted by atomic mass is 19.1. The first kappa shape index (κ1) is 32.3. The van der Waals surface area contributed by atoms with Crippen LogP contribution in [-0.2, 0) is 11.2 Å². The number of likely N-dealkylation sites (tertiary alicyclic amines) is 1. The van der Waals surface area contributed by atoms with Crippen LogP contribution in [0.4, 0.5) is 8.78 Å². The molecule has 3 N–H and O–H groups in total. The molecular formula is C34H39F2N3O6. The number of nitrogens with one attached hydrogen (secondary N) is 2. The minimum absolute atomic E-state index is 0.0494. The summed E-state index contributed by atoms with van der Waals surface area (Å²) >= 11 is 0. The van der Waals surface area contributed by atoms with Crippen molar-refractivity contribution >= 4 is 11.8 Å². The molecule has 11 heteroatoms. The SMILES string of the molecule is COC[C@H]1CCCN1C(=O)c1cc(OC)cc(C(=O)N[C@@H](Cc2cc(F)cc(F)c2)[C@H](O)C2C[C@@H](Oc3ccccc3)CN2)c1. The molecule has 2 heterocycles. The number of hydrogen-bond donors (Lipinski definition) is 3. The van der Waals surface area contributed by atoms with Crippen molar-refractivity contribution < 1.29 is 37.7 Å². The Labute approximate surface area is 261 Å². The number of benzene rings is 3. The Bertz CT molecular complexity index is 1460. The molecule has 3 aromatic carbocycles. The third kappa shape index (κ3) is 8.16. The zero-order valence-corrected chi connectivity index (χ0v) is 25.4. The van der Waals surface area contributed by atoms with Crippen molar-refractivity contribution in [3.8, 4) is 11.5 Å². The van der Waals surface area contributed by atoms with Crippen LogP contribution in [0.5, 0.6) is 11.5 Å². The summed E-state index contributed by atoms with van der Waals surface area (Å²) in [6, 6.07) is 15.5. The van der Waals surface area contributed by atoms with Gasteiger partial charge in [0.05, 0.1) is 31.9 Å². The molecule has 2 aliphatic rings. The molecule has 5 rings (SSSR count). The fourth-order valence-electron chi connectivity index (χ4n) is 6.15. The summed E-state index contributed by atoms with van der Waals surface area (Å²) in [5.41, 5.74) is 0.698. The lowest BCUT2D eigenvalue weighted by atomic mass is 9.94. The van der Waals surface area contributed by atoms with Gasteiger partial charge >= 0.3 is 0 Å². The molecule has 2 fully saturated rings. The van der Waals surface area contributed by atoms with Gasteiger partial charge in [0.15, 0.2) is 0 Å². The van der Waals surface area contributed by atoms with Gasteiger partial charge in [-0.2, -0.15) is 0 Å². The minimum atomic E-state index is -1.14. The topological polar surface area (TPSA) is 109 Å². The number of halogens is 2. The summed E-state index contributed by atoms with van der Waals surface area (Å²) in [6.45, 7) is 1.46. The van der Waals surface area contributed by atoms with Crippen molar-refractivity contribution in [1.29, 1.82) is 0 Å². The summed E-state index contributed by atoms with van der Waals surface area (Å²) in [5.74, 6) is -1.32. The van der Waals surface area contributed by atoms with Crippen LogP contribution >= 0.6 is 0 Å². The average Bonchev–Trinajstić information content (AvgIpc) is 3.70. The molecule has 0 radical (unpaired) electrons. The smallest absolute Gasteiger partial charge is 0.254 e. The number of aliphatic hydroxyl groups is 1. The van der Waals surface area contributed by atoms with Crippen molar-refractivity contribution in [3.63, 3.8) is 0 Å². The van der Waals surface area contributed by atoms with Crippen LogP contribution < -0.4 is 20.1 Å². The predicted molar refractivity (Wildman–Crippen MR) is 164 cm³/mol. The molecule has 0 saturated carbocycles. The minimum Gasteiger partial charge on any atom is -0.497 e. The molecule has 0 aliphatic carbocycles. The fourth-order valence-corrected chi connectivity index (χ4v) is 6.15. The molecule has 0 bridgehead atoms. The van der Waals surface area contributed by atoms with E-state index >= 15 is 0 Å². The van der Waals surface area contributed by atoms with Gasteiger partial charge in [0.2, 0.25) is 0 Å². The van der Waals surface area contributed by atoms with Gasteiger partial charge in [-0.3, -0.25) is 9.59 Å². The molecule has 5 atom stereocenters. The fraction of sp³-hybridized carbons (Fsp3) is 0.412. The zero-order valence-electron chi connectivity index (χ0n) is 25.4. The Morgan fingerprint density at radius 1 is 1.02 bits per heavy atom. The summed E-state index contributed by atoms with van der Waals surface area (Å²) in [7, 11) is 3.04. The van der Waals surface area contributed by atoms with Gasteiger partial charge in [-0.05, 0) is 67.3 Å². The van der Waals surface area contributed by atoms with Gasteiger partial charge in [-0.15, -0.1) is 0 Å². The van der Waals surface area contributed by atoms with Crippen molar-refractivity contribution in [2.75, 3.05) is 33.9 Å². The zero-order chi connectivity index (χ0) is 31.9. The van der Waals surface area contributed by atoms with E-state index in [9.17, 15) is 23.5 Å². The highest BCUT2D eigenvalue weighted by Crippen LogP contribution is 2.25. The normalized spacial score (nSPS) is 20.9. The molecule has 3 aromatic rings. The summed E-state index contributed by atoms with van der Waals surface area (Å²) in [5, 5.41) is 17.7. The second kappa shape index (κ2) is 14.8. The van der Waals surface area contributed by atoms with Crippen LogP contribution in [-0.4, -0.2) is 86.1 Å². The van der Waals surface area contributed by atoms with Gasteiger partial charge in [-0.25, -0.2) is 8.78 Å². The Balaban J connectivity index is 1.36. The lowest BCUT2D eigenvalue weighted by Crippen LogP contribution is -2.52. The van der Waals surface area contributed by atoms with Gasteiger partial charge < -0.3 is 34.9 Å². The third-order valence-electron chi connectivity index (χ3n) is 8.34. The van der Waals surface area contributed by atoms with E-state index < -0.39 is 35.7 Å². The molecule has 2 saturated heterocycles. The molecule has 45 heavy (non-hydrogen) atoms. The van der Waals surface area contributed by atoms with Crippen molar-refractivity contribution in [1.82, 2.24) is 15.5 Å². The standard InChI is InChI=1S/C34H39F2N3O6/c1-43-20-26-7-6-10-39(26)34(42)23-14-22(15-28(16-23)44-2)33(41)38-31(13-21-11-24(35)17-25(36)12-21)32(40)30-18-29(19-37-30)45-27-8-4-3-5-9-27/h3-5,8-9,11-12,14-17,26,29-32,37,40H,6-7,10,13,18-20H2,1-2H3,(H,38,41)/t26-,29-,30?,31+,32-/m1/s1. The maximum atomic E-state index is 14.1. The molecule has 0 aromatic heterocycles. The molecule has 240 valence electrons. The van der Waals surface area contributed by atoms with Crippen LogP contribution in [0.2, 0.25) is 0 Å². The molecular weight excluding hydrogens is 584 g/mol. The number of nitrogens with zero attached hydrogens (tertiary/aromatic N) is 1. The van der Waals surface area contributed by atoms with Gasteiger partial charge in [0.25, 0.3) is 11.8 Å². The van der Waals surface area contributed by atoms with Gasteiger partial charge in [-0.1, -0.05) is 18.2 Å². The predicted octanol–water partition coefficient (Wildman–Crippen LogP) is 3.74. The quantitative estimate of drug-likeness (QED) is 0.282. The number of hydrogen-bond acceptors (Lipinski definition) is 7. The Kier molecular flexibility index (Phi) is 10.6. The highest BCUT2D eigenvalue weighted by molar-refractivity contribution is 6.00. The average molecular weight is 624 g/mol. The molecule has 2 aliphatic heterocycles.